The van der Waals surface area contributed by atoms with Gasteiger partial charge in [-0.25, -0.2) is 4.98 Å². The van der Waals surface area contributed by atoms with Crippen LogP contribution in [0.1, 0.15) is 49.2 Å². The summed E-state index contributed by atoms with van der Waals surface area (Å²) in [5.41, 5.74) is 1.52. The maximum atomic E-state index is 4.90. The molecule has 0 aliphatic carbocycles. The second-order valence-corrected chi connectivity index (χ2v) is 8.49. The number of nitrogens with zero attached hydrogens (tertiary/aromatic N) is 1. The van der Waals surface area contributed by atoms with Crippen molar-refractivity contribution in [1.29, 1.82) is 0 Å². The van der Waals surface area contributed by atoms with Crippen LogP contribution in [0.5, 0.6) is 0 Å². The Hall–Kier alpha value is -0.0600. The van der Waals surface area contributed by atoms with Crippen LogP contribution in [-0.2, 0) is 5.54 Å². The molecule has 1 atom stereocenters. The van der Waals surface area contributed by atoms with Crippen molar-refractivity contribution in [2.45, 2.75) is 53.0 Å². The van der Waals surface area contributed by atoms with Gasteiger partial charge in [0.2, 0.25) is 0 Å². The molecule has 0 saturated carbocycles. The van der Waals surface area contributed by atoms with Crippen LogP contribution in [0.4, 0.5) is 0 Å². The largest absolute Gasteiger partial charge is 0.304 e. The quantitative estimate of drug-likeness (QED) is 0.905. The molecular weight excluding hydrogens is 272 g/mol. The van der Waals surface area contributed by atoms with Crippen LogP contribution in [0.15, 0.2) is 0 Å². The summed E-state index contributed by atoms with van der Waals surface area (Å²) in [6.45, 7) is 12.4. The lowest BCUT2D eigenvalue weighted by Gasteiger charge is -2.49. The van der Waals surface area contributed by atoms with Crippen molar-refractivity contribution >= 4 is 23.1 Å². The Morgan fingerprint density at radius 1 is 1.32 bits per heavy atom. The summed E-state index contributed by atoms with van der Waals surface area (Å²) in [6, 6.07) is 0. The van der Waals surface area contributed by atoms with Crippen LogP contribution < -0.4 is 5.32 Å². The Morgan fingerprint density at radius 2 is 2.05 bits per heavy atom. The van der Waals surface area contributed by atoms with Gasteiger partial charge in [-0.15, -0.1) is 11.3 Å². The molecule has 4 heteroatoms. The number of rotatable bonds is 4. The van der Waals surface area contributed by atoms with E-state index in [9.17, 15) is 0 Å². The molecule has 1 unspecified atom stereocenters. The van der Waals surface area contributed by atoms with Crippen molar-refractivity contribution in [1.82, 2.24) is 10.3 Å². The van der Waals surface area contributed by atoms with Gasteiger partial charge in [0.25, 0.3) is 0 Å². The smallest absolute Gasteiger partial charge is 0.115 e. The first-order chi connectivity index (χ1) is 8.93. The van der Waals surface area contributed by atoms with Gasteiger partial charge in [-0.05, 0) is 44.4 Å². The Kier molecular flexibility index (Phi) is 4.63. The summed E-state index contributed by atoms with van der Waals surface area (Å²) >= 11 is 3.95. The molecule has 1 fully saturated rings. The molecule has 1 aliphatic heterocycles. The summed E-state index contributed by atoms with van der Waals surface area (Å²) < 4.78 is 0. The second kappa shape index (κ2) is 5.74. The monoisotopic (exact) mass is 298 g/mol. The van der Waals surface area contributed by atoms with E-state index in [1.165, 1.54) is 34.2 Å². The fraction of sp³-hybridized carbons (Fsp3) is 0.800. The van der Waals surface area contributed by atoms with Crippen molar-refractivity contribution in [2.75, 3.05) is 18.1 Å². The lowest BCUT2D eigenvalue weighted by molar-refractivity contribution is 0.129. The molecule has 2 nitrogen and oxygen atoms in total. The van der Waals surface area contributed by atoms with Crippen LogP contribution in [0.25, 0.3) is 0 Å². The molecule has 0 radical (unpaired) electrons. The number of thioether (sulfide) groups is 1. The van der Waals surface area contributed by atoms with Crippen LogP contribution >= 0.6 is 23.1 Å². The lowest BCUT2D eigenvalue weighted by Crippen LogP contribution is -2.57. The predicted octanol–water partition coefficient (Wildman–Crippen LogP) is 4.12. The molecule has 0 amide bonds. The summed E-state index contributed by atoms with van der Waals surface area (Å²) in [5.74, 6) is 2.41. The second-order valence-electron chi connectivity index (χ2n) is 6.18. The van der Waals surface area contributed by atoms with E-state index in [0.717, 1.165) is 12.3 Å². The number of aromatic nitrogens is 1. The van der Waals surface area contributed by atoms with Gasteiger partial charge in [0.05, 0.1) is 11.2 Å². The minimum absolute atomic E-state index is 0.0512. The highest BCUT2D eigenvalue weighted by atomic mass is 32.2. The van der Waals surface area contributed by atoms with E-state index in [1.54, 1.807) is 0 Å². The van der Waals surface area contributed by atoms with Crippen molar-refractivity contribution in [3.8, 4) is 0 Å². The molecule has 19 heavy (non-hydrogen) atoms. The molecule has 2 rings (SSSR count). The molecule has 0 aromatic carbocycles. The Balaban J connectivity index is 2.43. The zero-order chi connectivity index (χ0) is 14.1. The van der Waals surface area contributed by atoms with Gasteiger partial charge in [-0.1, -0.05) is 20.8 Å². The SMILES string of the molecule is CCCNC1(c2nc(C)c(C)s2)CSCCC1(C)C. The Bertz CT molecular complexity index is 420. The van der Waals surface area contributed by atoms with Gasteiger partial charge in [0, 0.05) is 10.6 Å². The lowest BCUT2D eigenvalue weighted by atomic mass is 9.71. The third-order valence-corrected chi connectivity index (χ3v) is 6.78. The first-order valence-corrected chi connectivity index (χ1v) is 9.17. The maximum absolute atomic E-state index is 4.90. The van der Waals surface area contributed by atoms with E-state index >= 15 is 0 Å². The van der Waals surface area contributed by atoms with E-state index < -0.39 is 0 Å². The first-order valence-electron chi connectivity index (χ1n) is 7.20. The molecule has 1 aromatic rings. The summed E-state index contributed by atoms with van der Waals surface area (Å²) in [4.78, 5) is 6.26. The van der Waals surface area contributed by atoms with Gasteiger partial charge < -0.3 is 5.32 Å². The molecule has 2 heterocycles. The van der Waals surface area contributed by atoms with E-state index in [-0.39, 0.29) is 11.0 Å². The summed E-state index contributed by atoms with van der Waals surface area (Å²) in [5, 5.41) is 5.16. The molecule has 1 N–H and O–H groups in total. The molecule has 0 bridgehead atoms. The third-order valence-electron chi connectivity index (χ3n) is 4.42. The fourth-order valence-electron chi connectivity index (χ4n) is 2.67. The molecule has 108 valence electrons. The van der Waals surface area contributed by atoms with E-state index in [2.05, 4.69) is 51.7 Å². The number of aryl methyl sites for hydroxylation is 2. The standard InChI is InChI=1S/C15H26N2S2/c1-6-8-16-15(10-18-9-7-14(15,4)5)13-17-11(2)12(3)19-13/h16H,6-10H2,1-5H3. The average molecular weight is 299 g/mol. The van der Waals surface area contributed by atoms with E-state index in [1.807, 2.05) is 11.3 Å². The van der Waals surface area contributed by atoms with Gasteiger partial charge in [-0.3, -0.25) is 0 Å². The highest BCUT2D eigenvalue weighted by Gasteiger charge is 2.49. The van der Waals surface area contributed by atoms with Gasteiger partial charge in [-0.2, -0.15) is 11.8 Å². The molecule has 1 aliphatic rings. The zero-order valence-electron chi connectivity index (χ0n) is 12.8. The molecule has 1 aromatic heterocycles. The van der Waals surface area contributed by atoms with Gasteiger partial charge >= 0.3 is 0 Å². The van der Waals surface area contributed by atoms with Crippen LogP contribution in [-0.4, -0.2) is 23.0 Å². The highest BCUT2D eigenvalue weighted by Crippen LogP contribution is 2.49. The number of hydrogen-bond donors (Lipinski definition) is 1. The fourth-order valence-corrected chi connectivity index (χ4v) is 5.76. The van der Waals surface area contributed by atoms with E-state index in [4.69, 9.17) is 4.98 Å². The van der Waals surface area contributed by atoms with Crippen LogP contribution in [0.3, 0.4) is 0 Å². The Labute approximate surface area is 125 Å². The number of thiazole rings is 1. The highest BCUT2D eigenvalue weighted by molar-refractivity contribution is 7.99. The predicted molar refractivity (Wildman–Crippen MR) is 87.3 cm³/mol. The maximum Gasteiger partial charge on any atom is 0.115 e. The topological polar surface area (TPSA) is 24.9 Å². The minimum Gasteiger partial charge on any atom is -0.304 e. The number of hydrogen-bond acceptors (Lipinski definition) is 4. The summed E-state index contributed by atoms with van der Waals surface area (Å²) in [7, 11) is 0. The van der Waals surface area contributed by atoms with Gasteiger partial charge in [0.15, 0.2) is 0 Å². The normalized spacial score (nSPS) is 26.6. The molecule has 0 spiro atoms. The van der Waals surface area contributed by atoms with Crippen molar-refractivity contribution in [3.63, 3.8) is 0 Å². The Morgan fingerprint density at radius 3 is 2.58 bits per heavy atom. The van der Waals surface area contributed by atoms with Crippen LogP contribution in [0, 0.1) is 19.3 Å². The average Bonchev–Trinajstić information content (AvgIpc) is 2.68. The van der Waals surface area contributed by atoms with Gasteiger partial charge in [0.1, 0.15) is 5.01 Å². The summed E-state index contributed by atoms with van der Waals surface area (Å²) in [6.07, 6.45) is 2.43. The third kappa shape index (κ3) is 2.72. The first kappa shape index (κ1) is 15.3. The van der Waals surface area contributed by atoms with Crippen LogP contribution in [0.2, 0.25) is 0 Å². The molecule has 1 saturated heterocycles. The van der Waals surface area contributed by atoms with Crippen molar-refractivity contribution < 1.29 is 0 Å². The van der Waals surface area contributed by atoms with Crippen molar-refractivity contribution in [2.24, 2.45) is 5.41 Å². The van der Waals surface area contributed by atoms with Crippen molar-refractivity contribution in [3.05, 3.63) is 15.6 Å². The van der Waals surface area contributed by atoms with E-state index in [0.29, 0.717) is 0 Å². The minimum atomic E-state index is 0.0512. The zero-order valence-corrected chi connectivity index (χ0v) is 14.4. The molecular formula is C15H26N2S2. The number of nitrogens with one attached hydrogen (secondary N) is 1.